The Balaban J connectivity index is 1.82. The van der Waals surface area contributed by atoms with Crippen LogP contribution in [0, 0.1) is 9.39 Å². The zero-order valence-electron chi connectivity index (χ0n) is 14.2. The van der Waals surface area contributed by atoms with Crippen molar-refractivity contribution in [2.45, 2.75) is 6.10 Å². The lowest BCUT2D eigenvalue weighted by molar-refractivity contribution is -0.0297. The van der Waals surface area contributed by atoms with Crippen molar-refractivity contribution in [3.63, 3.8) is 0 Å². The van der Waals surface area contributed by atoms with E-state index in [0.29, 0.717) is 11.0 Å². The molecule has 0 saturated heterocycles. The largest absolute Gasteiger partial charge is 0.439 e. The predicted octanol–water partition coefficient (Wildman–Crippen LogP) is 2.69. The second-order valence-corrected chi connectivity index (χ2v) is 6.77. The molecule has 4 N–H and O–H groups in total. The molecule has 0 spiro atoms. The van der Waals surface area contributed by atoms with Crippen molar-refractivity contribution in [3.05, 3.63) is 46.0 Å². The maximum absolute atomic E-state index is 14.2. The highest BCUT2D eigenvalue weighted by molar-refractivity contribution is 14.1. The number of carbonyl (C=O) groups is 1. The van der Waals surface area contributed by atoms with Gasteiger partial charge in [0.15, 0.2) is 5.58 Å². The number of pyridine rings is 1. The smallest absolute Gasteiger partial charge is 0.422 e. The highest BCUT2D eigenvalue weighted by atomic mass is 127. The molecule has 2 aromatic heterocycles. The topological polar surface area (TPSA) is 126 Å². The first-order valence-electron chi connectivity index (χ1n) is 7.95. The van der Waals surface area contributed by atoms with E-state index >= 15 is 0 Å². The van der Waals surface area contributed by atoms with Crippen molar-refractivity contribution in [1.29, 1.82) is 0 Å². The third-order valence-electron chi connectivity index (χ3n) is 3.48. The van der Waals surface area contributed by atoms with Gasteiger partial charge >= 0.3 is 12.0 Å². The van der Waals surface area contributed by atoms with E-state index in [-0.39, 0.29) is 23.9 Å². The minimum atomic E-state index is -1.15. The van der Waals surface area contributed by atoms with Crippen molar-refractivity contribution in [2.75, 3.05) is 18.5 Å². The number of nitrogens with zero attached hydrogens (tertiary/aromatic N) is 1. The van der Waals surface area contributed by atoms with Crippen molar-refractivity contribution >= 4 is 51.0 Å². The van der Waals surface area contributed by atoms with Crippen LogP contribution in [-0.2, 0) is 4.84 Å². The van der Waals surface area contributed by atoms with Crippen LogP contribution in [0.5, 0.6) is 5.95 Å². The molecule has 0 radical (unpaired) electrons. The summed E-state index contributed by atoms with van der Waals surface area (Å²) in [6.07, 6.45) is 0.738. The number of fused-ring (bicyclic) bond motifs is 1. The Labute approximate surface area is 171 Å². The molecule has 148 valence electrons. The molecule has 1 atom stereocenters. The van der Waals surface area contributed by atoms with E-state index in [9.17, 15) is 14.3 Å². The number of furan rings is 1. The van der Waals surface area contributed by atoms with Crippen LogP contribution in [-0.4, -0.2) is 40.6 Å². The van der Waals surface area contributed by atoms with E-state index < -0.39 is 24.6 Å². The lowest BCUT2D eigenvalue weighted by atomic mass is 10.2. The summed E-state index contributed by atoms with van der Waals surface area (Å²) in [5, 5.41) is 21.3. The number of nitrogens with one attached hydrogen (secondary N) is 2. The number of aromatic nitrogens is 1. The van der Waals surface area contributed by atoms with E-state index in [2.05, 4.69) is 10.3 Å². The van der Waals surface area contributed by atoms with Crippen LogP contribution >= 0.6 is 22.6 Å². The van der Waals surface area contributed by atoms with Gasteiger partial charge in [0.1, 0.15) is 24.2 Å². The summed E-state index contributed by atoms with van der Waals surface area (Å²) in [7, 11) is 0. The Bertz CT molecular complexity index is 983. The molecule has 9 nitrogen and oxygen atoms in total. The summed E-state index contributed by atoms with van der Waals surface area (Å²) < 4.78 is 25.5. The van der Waals surface area contributed by atoms with E-state index in [4.69, 9.17) is 19.1 Å². The standard InChI is InChI=1S/C17H15FIN3O6/c18-12-5-9(19)1-2-13(12)21-15-11-3-4-20-6-14(11)27-16(15)28-17(25)22-26-8-10(24)7-23/h1-6,10,21,23-24H,7-8H2,(H,22,25)/t10-/m1/s1. The average Bonchev–Trinajstić information content (AvgIpc) is 3.00. The van der Waals surface area contributed by atoms with Crippen LogP contribution < -0.4 is 15.5 Å². The Kier molecular flexibility index (Phi) is 6.61. The first-order valence-corrected chi connectivity index (χ1v) is 9.03. The number of hydroxylamine groups is 1. The third-order valence-corrected chi connectivity index (χ3v) is 4.15. The molecular weight excluding hydrogens is 488 g/mol. The minimum Gasteiger partial charge on any atom is -0.422 e. The third kappa shape index (κ3) is 4.86. The molecule has 3 aromatic rings. The number of anilines is 2. The number of carbonyl (C=O) groups excluding carboxylic acids is 1. The molecule has 11 heteroatoms. The molecule has 0 fully saturated rings. The maximum atomic E-state index is 14.2. The monoisotopic (exact) mass is 503 g/mol. The summed E-state index contributed by atoms with van der Waals surface area (Å²) in [5.74, 6) is -0.725. The molecule has 1 amide bonds. The Morgan fingerprint density at radius 2 is 2.21 bits per heavy atom. The Hall–Kier alpha value is -2.48. The number of hydrogen-bond acceptors (Lipinski definition) is 8. The molecule has 2 heterocycles. The number of aliphatic hydroxyl groups is 2. The van der Waals surface area contributed by atoms with Crippen LogP contribution in [0.25, 0.3) is 11.0 Å². The van der Waals surface area contributed by atoms with Crippen LogP contribution in [0.15, 0.2) is 41.1 Å². The van der Waals surface area contributed by atoms with Gasteiger partial charge in [0.05, 0.1) is 23.9 Å². The number of amides is 1. The summed E-state index contributed by atoms with van der Waals surface area (Å²) in [6, 6.07) is 6.22. The van der Waals surface area contributed by atoms with Gasteiger partial charge in [0, 0.05) is 9.77 Å². The molecule has 0 saturated carbocycles. The van der Waals surface area contributed by atoms with Crippen LogP contribution in [0.1, 0.15) is 0 Å². The molecule has 28 heavy (non-hydrogen) atoms. The summed E-state index contributed by atoms with van der Waals surface area (Å²) >= 11 is 1.99. The second kappa shape index (κ2) is 9.14. The summed E-state index contributed by atoms with van der Waals surface area (Å²) in [4.78, 5) is 20.5. The number of ether oxygens (including phenoxy) is 1. The van der Waals surface area contributed by atoms with Crippen molar-refractivity contribution in [1.82, 2.24) is 10.5 Å². The van der Waals surface area contributed by atoms with Crippen molar-refractivity contribution < 1.29 is 33.4 Å². The molecule has 0 aliphatic heterocycles. The number of rotatable bonds is 7. The zero-order valence-corrected chi connectivity index (χ0v) is 16.3. The quantitative estimate of drug-likeness (QED) is 0.287. The molecule has 1 aromatic carbocycles. The van der Waals surface area contributed by atoms with E-state index in [0.717, 1.165) is 3.57 Å². The molecule has 0 bridgehead atoms. The van der Waals surface area contributed by atoms with Gasteiger partial charge in [0.2, 0.25) is 0 Å². The van der Waals surface area contributed by atoms with Crippen LogP contribution in [0.4, 0.5) is 20.6 Å². The van der Waals surface area contributed by atoms with Gasteiger partial charge in [0.25, 0.3) is 0 Å². The normalized spacial score (nSPS) is 12.0. The van der Waals surface area contributed by atoms with Gasteiger partial charge in [-0.2, -0.15) is 5.48 Å². The second-order valence-electron chi connectivity index (χ2n) is 5.52. The van der Waals surface area contributed by atoms with Gasteiger partial charge in [-0.1, -0.05) is 0 Å². The van der Waals surface area contributed by atoms with Crippen LogP contribution in [0.2, 0.25) is 0 Å². The van der Waals surface area contributed by atoms with E-state index in [1.165, 1.54) is 18.5 Å². The lowest BCUT2D eigenvalue weighted by Gasteiger charge is -2.10. The van der Waals surface area contributed by atoms with Gasteiger partial charge in [-0.25, -0.2) is 9.18 Å². The summed E-state index contributed by atoms with van der Waals surface area (Å²) in [5.41, 5.74) is 2.64. The lowest BCUT2D eigenvalue weighted by Crippen LogP contribution is -2.31. The molecule has 0 aliphatic carbocycles. The van der Waals surface area contributed by atoms with Gasteiger partial charge in [-0.05, 0) is 46.9 Å². The Morgan fingerprint density at radius 3 is 2.96 bits per heavy atom. The van der Waals surface area contributed by atoms with Gasteiger partial charge in [-0.3, -0.25) is 9.82 Å². The zero-order chi connectivity index (χ0) is 20.1. The fourth-order valence-electron chi connectivity index (χ4n) is 2.20. The fourth-order valence-corrected chi connectivity index (χ4v) is 2.65. The molecule has 0 aliphatic rings. The fraction of sp³-hybridized carbons (Fsp3) is 0.176. The maximum Gasteiger partial charge on any atom is 0.439 e. The Morgan fingerprint density at radius 1 is 1.39 bits per heavy atom. The number of benzene rings is 1. The number of aliphatic hydroxyl groups excluding tert-OH is 2. The minimum absolute atomic E-state index is 0.160. The summed E-state index contributed by atoms with van der Waals surface area (Å²) in [6.45, 7) is -0.864. The SMILES string of the molecule is O=C(NOC[C@H](O)CO)Oc1oc2cnccc2c1Nc1ccc(I)cc1F. The highest BCUT2D eigenvalue weighted by Crippen LogP contribution is 2.39. The predicted molar refractivity (Wildman–Crippen MR) is 105 cm³/mol. The molecule has 0 unspecified atom stereocenters. The van der Waals surface area contributed by atoms with Gasteiger partial charge < -0.3 is 24.7 Å². The molecule has 3 rings (SSSR count). The van der Waals surface area contributed by atoms with Crippen LogP contribution in [0.3, 0.4) is 0 Å². The van der Waals surface area contributed by atoms with Crippen molar-refractivity contribution in [3.8, 4) is 5.95 Å². The van der Waals surface area contributed by atoms with E-state index in [1.807, 2.05) is 28.1 Å². The average molecular weight is 503 g/mol. The number of halogens is 2. The first-order chi connectivity index (χ1) is 13.5. The van der Waals surface area contributed by atoms with Gasteiger partial charge in [-0.15, -0.1) is 0 Å². The highest BCUT2D eigenvalue weighted by Gasteiger charge is 2.20. The number of hydrogen-bond donors (Lipinski definition) is 4. The van der Waals surface area contributed by atoms with Crippen molar-refractivity contribution in [2.24, 2.45) is 0 Å². The van der Waals surface area contributed by atoms with E-state index in [1.54, 1.807) is 18.2 Å². The molecular formula is C17H15FIN3O6. The first kappa shape index (κ1) is 20.3.